The lowest BCUT2D eigenvalue weighted by molar-refractivity contribution is 0.226. The molecule has 1 N–H and O–H groups in total. The SMILES string of the molecule is CCc1ccc(C(O)c2csc3c(Br)cccc23)s1. The summed E-state index contributed by atoms with van der Waals surface area (Å²) in [6.07, 6.45) is 0.501. The van der Waals surface area contributed by atoms with Gasteiger partial charge in [-0.25, -0.2) is 0 Å². The molecule has 98 valence electrons. The van der Waals surface area contributed by atoms with Crippen LogP contribution in [0.25, 0.3) is 10.1 Å². The fourth-order valence-electron chi connectivity index (χ4n) is 2.14. The first-order valence-electron chi connectivity index (χ1n) is 6.13. The molecule has 0 aliphatic carbocycles. The zero-order valence-corrected chi connectivity index (χ0v) is 13.6. The quantitative estimate of drug-likeness (QED) is 0.671. The second-order valence-electron chi connectivity index (χ2n) is 4.37. The maximum atomic E-state index is 10.6. The molecule has 4 heteroatoms. The standard InChI is InChI=1S/C15H13BrOS2/c1-2-9-6-7-13(19-9)14(17)11-8-18-15-10(11)4-3-5-12(15)16/h3-8,14,17H,2H2,1H3. The summed E-state index contributed by atoms with van der Waals surface area (Å²) in [6.45, 7) is 2.14. The van der Waals surface area contributed by atoms with Gasteiger partial charge >= 0.3 is 0 Å². The maximum Gasteiger partial charge on any atom is 0.115 e. The van der Waals surface area contributed by atoms with Crippen molar-refractivity contribution in [2.75, 3.05) is 0 Å². The summed E-state index contributed by atoms with van der Waals surface area (Å²) in [4.78, 5) is 2.34. The summed E-state index contributed by atoms with van der Waals surface area (Å²) in [5.74, 6) is 0. The van der Waals surface area contributed by atoms with Crippen LogP contribution in [0.1, 0.15) is 28.3 Å². The first-order valence-corrected chi connectivity index (χ1v) is 8.62. The van der Waals surface area contributed by atoms with Gasteiger partial charge < -0.3 is 5.11 Å². The second kappa shape index (κ2) is 5.37. The lowest BCUT2D eigenvalue weighted by atomic mass is 10.1. The number of hydrogen-bond donors (Lipinski definition) is 1. The third-order valence-electron chi connectivity index (χ3n) is 3.18. The van der Waals surface area contributed by atoms with Crippen LogP contribution in [-0.4, -0.2) is 5.11 Å². The number of halogens is 1. The molecule has 19 heavy (non-hydrogen) atoms. The Hall–Kier alpha value is -0.680. The molecule has 1 unspecified atom stereocenters. The predicted molar refractivity (Wildman–Crippen MR) is 87.3 cm³/mol. The molecule has 0 aliphatic rings. The molecule has 1 nitrogen and oxygen atoms in total. The Labute approximate surface area is 128 Å². The number of aliphatic hydroxyl groups is 1. The Kier molecular flexibility index (Phi) is 3.76. The summed E-state index contributed by atoms with van der Waals surface area (Å²) >= 11 is 6.93. The van der Waals surface area contributed by atoms with Gasteiger partial charge in [-0.1, -0.05) is 19.1 Å². The zero-order valence-electron chi connectivity index (χ0n) is 10.4. The normalized spacial score (nSPS) is 13.0. The average molecular weight is 353 g/mol. The van der Waals surface area contributed by atoms with Gasteiger partial charge in [0.15, 0.2) is 0 Å². The highest BCUT2D eigenvalue weighted by molar-refractivity contribution is 9.10. The maximum absolute atomic E-state index is 10.6. The van der Waals surface area contributed by atoms with E-state index < -0.39 is 6.10 Å². The fourth-order valence-corrected chi connectivity index (χ4v) is 4.74. The highest BCUT2D eigenvalue weighted by atomic mass is 79.9. The van der Waals surface area contributed by atoms with Gasteiger partial charge in [-0.05, 0) is 51.3 Å². The van der Waals surface area contributed by atoms with E-state index in [0.717, 1.165) is 26.7 Å². The van der Waals surface area contributed by atoms with Crippen molar-refractivity contribution in [1.29, 1.82) is 0 Å². The van der Waals surface area contributed by atoms with Gasteiger partial charge in [0, 0.05) is 24.5 Å². The first-order chi connectivity index (χ1) is 9.20. The molecule has 0 aliphatic heterocycles. The molecule has 1 atom stereocenters. The van der Waals surface area contributed by atoms with Crippen molar-refractivity contribution in [2.45, 2.75) is 19.4 Å². The third-order valence-corrected chi connectivity index (χ3v) is 6.43. The molecular weight excluding hydrogens is 340 g/mol. The van der Waals surface area contributed by atoms with Gasteiger partial charge in [-0.15, -0.1) is 22.7 Å². The van der Waals surface area contributed by atoms with Crippen molar-refractivity contribution in [3.8, 4) is 0 Å². The number of rotatable bonds is 3. The summed E-state index contributed by atoms with van der Waals surface area (Å²) in [6, 6.07) is 10.3. The molecule has 2 heterocycles. The summed E-state index contributed by atoms with van der Waals surface area (Å²) < 4.78 is 2.29. The summed E-state index contributed by atoms with van der Waals surface area (Å²) in [7, 11) is 0. The van der Waals surface area contributed by atoms with Gasteiger partial charge in [0.25, 0.3) is 0 Å². The minimum absolute atomic E-state index is 0.520. The van der Waals surface area contributed by atoms with Crippen LogP contribution in [0.3, 0.4) is 0 Å². The van der Waals surface area contributed by atoms with Crippen molar-refractivity contribution in [1.82, 2.24) is 0 Å². The Morgan fingerprint density at radius 3 is 2.84 bits per heavy atom. The minimum Gasteiger partial charge on any atom is -0.383 e. The molecule has 3 aromatic rings. The molecule has 0 fully saturated rings. The molecule has 0 bridgehead atoms. The van der Waals surface area contributed by atoms with Crippen LogP contribution in [0.15, 0.2) is 40.2 Å². The van der Waals surface area contributed by atoms with Crippen LogP contribution in [0, 0.1) is 0 Å². The lowest BCUT2D eigenvalue weighted by Crippen LogP contribution is -1.95. The first kappa shape index (κ1) is 13.3. The van der Waals surface area contributed by atoms with E-state index in [0.29, 0.717) is 0 Å². The molecule has 0 amide bonds. The highest BCUT2D eigenvalue weighted by Crippen LogP contribution is 2.38. The van der Waals surface area contributed by atoms with Crippen molar-refractivity contribution in [3.63, 3.8) is 0 Å². The molecule has 3 rings (SSSR count). The van der Waals surface area contributed by atoms with Crippen molar-refractivity contribution in [3.05, 3.63) is 55.5 Å². The number of aliphatic hydroxyl groups excluding tert-OH is 1. The van der Waals surface area contributed by atoms with E-state index in [1.54, 1.807) is 22.7 Å². The van der Waals surface area contributed by atoms with Crippen LogP contribution in [0.4, 0.5) is 0 Å². The topological polar surface area (TPSA) is 20.2 Å². The largest absolute Gasteiger partial charge is 0.383 e. The molecule has 2 aromatic heterocycles. The van der Waals surface area contributed by atoms with Crippen molar-refractivity contribution >= 4 is 48.7 Å². The lowest BCUT2D eigenvalue weighted by Gasteiger charge is -2.07. The molecule has 1 aromatic carbocycles. The van der Waals surface area contributed by atoms with Gasteiger partial charge in [0.2, 0.25) is 0 Å². The van der Waals surface area contributed by atoms with Crippen molar-refractivity contribution < 1.29 is 5.11 Å². The van der Waals surface area contributed by atoms with E-state index in [1.807, 2.05) is 18.2 Å². The van der Waals surface area contributed by atoms with E-state index in [2.05, 4.69) is 40.4 Å². The number of thiophene rings is 2. The van der Waals surface area contributed by atoms with Crippen LogP contribution in [0.5, 0.6) is 0 Å². The Morgan fingerprint density at radius 2 is 2.11 bits per heavy atom. The van der Waals surface area contributed by atoms with E-state index in [4.69, 9.17) is 0 Å². The smallest absolute Gasteiger partial charge is 0.115 e. The van der Waals surface area contributed by atoms with Crippen LogP contribution < -0.4 is 0 Å². The third kappa shape index (κ3) is 2.38. The zero-order chi connectivity index (χ0) is 13.4. The molecule has 0 radical (unpaired) electrons. The van der Waals surface area contributed by atoms with Gasteiger partial charge in [0.1, 0.15) is 6.10 Å². The van der Waals surface area contributed by atoms with Crippen LogP contribution in [0.2, 0.25) is 0 Å². The molecular formula is C15H13BrOS2. The summed E-state index contributed by atoms with van der Waals surface area (Å²) in [5.41, 5.74) is 1.01. The number of hydrogen-bond acceptors (Lipinski definition) is 3. The van der Waals surface area contributed by atoms with Gasteiger partial charge in [0.05, 0.1) is 0 Å². The Balaban J connectivity index is 2.06. The van der Waals surface area contributed by atoms with Gasteiger partial charge in [-0.2, -0.15) is 0 Å². The van der Waals surface area contributed by atoms with E-state index in [-0.39, 0.29) is 0 Å². The summed E-state index contributed by atoms with van der Waals surface area (Å²) in [5, 5.41) is 13.8. The highest BCUT2D eigenvalue weighted by Gasteiger charge is 2.17. The molecule has 0 saturated carbocycles. The second-order valence-corrected chi connectivity index (χ2v) is 7.30. The monoisotopic (exact) mass is 352 g/mol. The average Bonchev–Trinajstić information content (AvgIpc) is 3.05. The Bertz CT molecular complexity index is 714. The van der Waals surface area contributed by atoms with Crippen molar-refractivity contribution in [2.24, 2.45) is 0 Å². The van der Waals surface area contributed by atoms with Crippen LogP contribution in [-0.2, 0) is 6.42 Å². The minimum atomic E-state index is -0.520. The van der Waals surface area contributed by atoms with E-state index >= 15 is 0 Å². The fraction of sp³-hybridized carbons (Fsp3) is 0.200. The number of aryl methyl sites for hydroxylation is 1. The Morgan fingerprint density at radius 1 is 1.26 bits per heavy atom. The van der Waals surface area contributed by atoms with E-state index in [1.165, 1.54) is 9.58 Å². The predicted octanol–water partition coefficient (Wildman–Crippen LogP) is 5.37. The number of benzene rings is 1. The van der Waals surface area contributed by atoms with Crippen LogP contribution >= 0.6 is 38.6 Å². The molecule has 0 saturated heterocycles. The van der Waals surface area contributed by atoms with E-state index in [9.17, 15) is 5.11 Å². The number of fused-ring (bicyclic) bond motifs is 1. The van der Waals surface area contributed by atoms with Gasteiger partial charge in [-0.3, -0.25) is 0 Å². The molecule has 0 spiro atoms.